The van der Waals surface area contributed by atoms with E-state index >= 15 is 0 Å². The van der Waals surface area contributed by atoms with Gasteiger partial charge in [-0.3, -0.25) is 4.40 Å². The van der Waals surface area contributed by atoms with Crippen molar-refractivity contribution in [3.63, 3.8) is 0 Å². The van der Waals surface area contributed by atoms with Crippen LogP contribution >= 0.6 is 34.5 Å². The van der Waals surface area contributed by atoms with Gasteiger partial charge < -0.3 is 0 Å². The summed E-state index contributed by atoms with van der Waals surface area (Å²) in [7, 11) is 0. The van der Waals surface area contributed by atoms with E-state index in [0.29, 0.717) is 17.0 Å². The van der Waals surface area contributed by atoms with Crippen molar-refractivity contribution in [1.82, 2.24) is 9.38 Å². The number of imidazole rings is 1. The Morgan fingerprint density at radius 3 is 2.95 bits per heavy atom. The maximum Gasteiger partial charge on any atom is 0.195 e. The second kappa shape index (κ2) is 5.86. The minimum Gasteiger partial charge on any atom is -0.289 e. The summed E-state index contributed by atoms with van der Waals surface area (Å²) in [5.74, 6) is 1.20. The van der Waals surface area contributed by atoms with Crippen LogP contribution in [0.1, 0.15) is 37.8 Å². The average molecular weight is 315 g/mol. The maximum atomic E-state index is 6.24. The number of rotatable bonds is 3. The van der Waals surface area contributed by atoms with Gasteiger partial charge in [-0.25, -0.2) is 4.98 Å². The van der Waals surface area contributed by atoms with Crippen molar-refractivity contribution in [2.24, 2.45) is 5.92 Å². The van der Waals surface area contributed by atoms with Crippen molar-refractivity contribution in [1.29, 1.82) is 0 Å². The van der Waals surface area contributed by atoms with E-state index in [9.17, 15) is 0 Å². The molecule has 2 nitrogen and oxygen atoms in total. The van der Waals surface area contributed by atoms with Gasteiger partial charge in [-0.05, 0) is 24.8 Å². The zero-order chi connectivity index (χ0) is 13.2. The smallest absolute Gasteiger partial charge is 0.195 e. The van der Waals surface area contributed by atoms with Gasteiger partial charge in [0.05, 0.1) is 5.69 Å². The summed E-state index contributed by atoms with van der Waals surface area (Å²) < 4.78 is 2.04. The van der Waals surface area contributed by atoms with Crippen molar-refractivity contribution in [3.05, 3.63) is 28.0 Å². The predicted molar refractivity (Wildman–Crippen MR) is 83.4 cm³/mol. The molecule has 0 aliphatic heterocycles. The Bertz CT molecular complexity index is 594. The fourth-order valence-electron chi connectivity index (χ4n) is 2.82. The minimum absolute atomic E-state index is 0.574. The third-order valence-electron chi connectivity index (χ3n) is 3.86. The summed E-state index contributed by atoms with van der Waals surface area (Å²) >= 11 is 14.0. The normalized spacial score (nSPS) is 18.3. The van der Waals surface area contributed by atoms with Crippen molar-refractivity contribution in [2.75, 3.05) is 5.88 Å². The topological polar surface area (TPSA) is 17.3 Å². The van der Waals surface area contributed by atoms with Gasteiger partial charge in [0.15, 0.2) is 10.1 Å². The average Bonchev–Trinajstić information content (AvgIpc) is 2.99. The lowest BCUT2D eigenvalue weighted by Gasteiger charge is -2.23. The van der Waals surface area contributed by atoms with E-state index in [0.717, 1.165) is 10.7 Å². The first-order valence-electron chi connectivity index (χ1n) is 6.67. The van der Waals surface area contributed by atoms with E-state index in [-0.39, 0.29) is 0 Å². The van der Waals surface area contributed by atoms with Gasteiger partial charge in [-0.15, -0.1) is 22.9 Å². The molecule has 2 heterocycles. The molecule has 0 aromatic carbocycles. The van der Waals surface area contributed by atoms with Crippen molar-refractivity contribution >= 4 is 45.6 Å². The third-order valence-corrected chi connectivity index (χ3v) is 5.20. The standard InChI is InChI=1S/C14H16Cl2N2S/c15-9-11(10-4-2-1-3-5-10)8-12-13(16)17-14-18(12)6-7-19-14/h6-8,10H,1-5,9H2. The Morgan fingerprint density at radius 1 is 1.42 bits per heavy atom. The lowest BCUT2D eigenvalue weighted by Crippen LogP contribution is -2.10. The monoisotopic (exact) mass is 314 g/mol. The highest BCUT2D eigenvalue weighted by Crippen LogP contribution is 2.33. The van der Waals surface area contributed by atoms with Gasteiger partial charge in [0.1, 0.15) is 0 Å². The van der Waals surface area contributed by atoms with Crippen LogP contribution < -0.4 is 0 Å². The van der Waals surface area contributed by atoms with Gasteiger partial charge in [0, 0.05) is 17.5 Å². The Hall–Kier alpha value is -0.510. The number of hydrogen-bond acceptors (Lipinski definition) is 2. The van der Waals surface area contributed by atoms with E-state index in [1.54, 1.807) is 11.3 Å². The molecule has 0 bridgehead atoms. The fourth-order valence-corrected chi connectivity index (χ4v) is 4.11. The second-order valence-electron chi connectivity index (χ2n) is 5.03. The number of fused-ring (bicyclic) bond motifs is 1. The van der Waals surface area contributed by atoms with E-state index in [1.165, 1.54) is 37.7 Å². The quantitative estimate of drug-likeness (QED) is 0.707. The van der Waals surface area contributed by atoms with Crippen molar-refractivity contribution in [3.8, 4) is 0 Å². The zero-order valence-electron chi connectivity index (χ0n) is 10.6. The Labute approximate surface area is 127 Å². The highest BCUT2D eigenvalue weighted by molar-refractivity contribution is 7.15. The number of alkyl halides is 1. The molecule has 0 amide bonds. The minimum atomic E-state index is 0.574. The summed E-state index contributed by atoms with van der Waals surface area (Å²) in [5.41, 5.74) is 2.27. The van der Waals surface area contributed by atoms with Gasteiger partial charge in [-0.1, -0.05) is 36.4 Å². The molecule has 0 N–H and O–H groups in total. The lowest BCUT2D eigenvalue weighted by atomic mass is 9.84. The molecule has 2 aromatic heterocycles. The molecule has 0 saturated heterocycles. The molecule has 19 heavy (non-hydrogen) atoms. The molecule has 3 rings (SSSR count). The number of hydrogen-bond donors (Lipinski definition) is 0. The fraction of sp³-hybridized carbons (Fsp3) is 0.500. The Morgan fingerprint density at radius 2 is 2.21 bits per heavy atom. The van der Waals surface area contributed by atoms with Crippen LogP contribution in [0.2, 0.25) is 5.15 Å². The number of thiazole rings is 1. The van der Waals surface area contributed by atoms with Gasteiger partial charge in [0.25, 0.3) is 0 Å². The molecule has 1 aliphatic carbocycles. The summed E-state index contributed by atoms with van der Waals surface area (Å²) in [5, 5.41) is 2.60. The number of halogens is 2. The largest absolute Gasteiger partial charge is 0.289 e. The predicted octanol–water partition coefficient (Wildman–Crippen LogP) is 5.25. The van der Waals surface area contributed by atoms with Gasteiger partial charge in [0.2, 0.25) is 0 Å². The Kier molecular flexibility index (Phi) is 4.15. The third kappa shape index (κ3) is 2.69. The summed E-state index contributed by atoms with van der Waals surface area (Å²) in [4.78, 5) is 5.30. The maximum absolute atomic E-state index is 6.24. The van der Waals surface area contributed by atoms with Crippen LogP contribution in [0.15, 0.2) is 17.2 Å². The Balaban J connectivity index is 1.97. The first-order valence-corrected chi connectivity index (χ1v) is 8.46. The van der Waals surface area contributed by atoms with Crippen LogP contribution in [-0.4, -0.2) is 15.3 Å². The first-order chi connectivity index (χ1) is 9.29. The number of aromatic nitrogens is 2. The van der Waals surface area contributed by atoms with E-state index < -0.39 is 0 Å². The number of nitrogens with zero attached hydrogens (tertiary/aromatic N) is 2. The first kappa shape index (κ1) is 13.5. The van der Waals surface area contributed by atoms with E-state index in [1.807, 2.05) is 16.0 Å². The molecule has 0 radical (unpaired) electrons. The van der Waals surface area contributed by atoms with Gasteiger partial charge >= 0.3 is 0 Å². The lowest BCUT2D eigenvalue weighted by molar-refractivity contribution is 0.405. The molecule has 1 aliphatic rings. The number of allylic oxidation sites excluding steroid dienone is 1. The van der Waals surface area contributed by atoms with Gasteiger partial charge in [-0.2, -0.15) is 0 Å². The molecule has 0 atom stereocenters. The summed E-state index contributed by atoms with van der Waals surface area (Å²) in [6, 6.07) is 0. The highest BCUT2D eigenvalue weighted by Gasteiger charge is 2.19. The van der Waals surface area contributed by atoms with Crippen molar-refractivity contribution in [2.45, 2.75) is 32.1 Å². The molecule has 102 valence electrons. The zero-order valence-corrected chi connectivity index (χ0v) is 12.9. The summed E-state index contributed by atoms with van der Waals surface area (Å²) in [6.45, 7) is 0. The van der Waals surface area contributed by atoms with Crippen LogP contribution in [0.3, 0.4) is 0 Å². The SMILES string of the molecule is ClCC(=Cc1c(Cl)nc2sccn12)C1CCCCC1. The molecule has 0 unspecified atom stereocenters. The molecular weight excluding hydrogens is 299 g/mol. The van der Waals surface area contributed by atoms with E-state index in [4.69, 9.17) is 23.2 Å². The van der Waals surface area contributed by atoms with Crippen molar-refractivity contribution < 1.29 is 0 Å². The molecule has 1 fully saturated rings. The second-order valence-corrected chi connectivity index (χ2v) is 6.53. The molecule has 2 aromatic rings. The molecule has 5 heteroatoms. The van der Waals surface area contributed by atoms with Crippen LogP contribution in [0.5, 0.6) is 0 Å². The van der Waals surface area contributed by atoms with Crippen LogP contribution in [0.25, 0.3) is 11.0 Å². The molecular formula is C14H16Cl2N2S. The van der Waals surface area contributed by atoms with Crippen LogP contribution in [0.4, 0.5) is 0 Å². The summed E-state index contributed by atoms with van der Waals surface area (Å²) in [6.07, 6.45) is 10.6. The van der Waals surface area contributed by atoms with E-state index in [2.05, 4.69) is 11.1 Å². The van der Waals surface area contributed by atoms with Crippen LogP contribution in [-0.2, 0) is 0 Å². The highest BCUT2D eigenvalue weighted by atomic mass is 35.5. The molecule has 0 spiro atoms. The molecule has 1 saturated carbocycles. The van der Waals surface area contributed by atoms with Crippen LogP contribution in [0, 0.1) is 5.92 Å².